The standard InChI is InChI=1S/C12H17NO4S/c1-16-11-5-9-3-4-13(8-18(14)15)7-10(9)6-12(11)17-2/h5-6H,3-4,7-8H2,1-2H3,(H,14,15). The molecule has 0 radical (unpaired) electrons. The first-order valence-corrected chi connectivity index (χ1v) is 6.95. The van der Waals surface area contributed by atoms with Gasteiger partial charge in [-0.3, -0.25) is 4.90 Å². The van der Waals surface area contributed by atoms with Crippen molar-refractivity contribution < 1.29 is 18.2 Å². The smallest absolute Gasteiger partial charge is 0.167 e. The topological polar surface area (TPSA) is 59.0 Å². The maximum absolute atomic E-state index is 10.8. The zero-order valence-electron chi connectivity index (χ0n) is 10.5. The van der Waals surface area contributed by atoms with E-state index in [1.165, 1.54) is 5.56 Å². The van der Waals surface area contributed by atoms with Crippen molar-refractivity contribution >= 4 is 11.1 Å². The van der Waals surface area contributed by atoms with Crippen molar-refractivity contribution in [3.05, 3.63) is 23.3 Å². The monoisotopic (exact) mass is 271 g/mol. The van der Waals surface area contributed by atoms with Gasteiger partial charge in [0.15, 0.2) is 22.6 Å². The van der Waals surface area contributed by atoms with E-state index in [2.05, 4.69) is 0 Å². The Kier molecular flexibility index (Phi) is 4.21. The lowest BCUT2D eigenvalue weighted by Crippen LogP contribution is -2.33. The number of fused-ring (bicyclic) bond motifs is 1. The molecule has 6 heteroatoms. The lowest BCUT2D eigenvalue weighted by Gasteiger charge is -2.28. The SMILES string of the molecule is COc1cc2c(cc1OC)CN(CS(=O)O)CC2. The second kappa shape index (κ2) is 5.69. The van der Waals surface area contributed by atoms with Gasteiger partial charge in [-0.25, -0.2) is 4.21 Å². The van der Waals surface area contributed by atoms with Crippen LogP contribution < -0.4 is 9.47 Å². The van der Waals surface area contributed by atoms with Crippen LogP contribution in [0.25, 0.3) is 0 Å². The highest BCUT2D eigenvalue weighted by Gasteiger charge is 2.20. The van der Waals surface area contributed by atoms with Crippen molar-refractivity contribution in [2.45, 2.75) is 13.0 Å². The van der Waals surface area contributed by atoms with Gasteiger partial charge in [0.1, 0.15) is 5.88 Å². The summed E-state index contributed by atoms with van der Waals surface area (Å²) in [6, 6.07) is 3.93. The summed E-state index contributed by atoms with van der Waals surface area (Å²) < 4.78 is 30.3. The van der Waals surface area contributed by atoms with Crippen LogP contribution in [0.15, 0.2) is 12.1 Å². The molecule has 0 saturated heterocycles. The summed E-state index contributed by atoms with van der Waals surface area (Å²) in [7, 11) is 3.22. The molecule has 1 N–H and O–H groups in total. The van der Waals surface area contributed by atoms with Crippen LogP contribution in [0, 0.1) is 0 Å². The lowest BCUT2D eigenvalue weighted by molar-refractivity contribution is 0.288. The molecule has 0 aromatic heterocycles. The van der Waals surface area contributed by atoms with E-state index in [0.717, 1.165) is 24.3 Å². The fourth-order valence-corrected chi connectivity index (χ4v) is 2.74. The number of ether oxygens (including phenoxy) is 2. The third kappa shape index (κ3) is 2.82. The van der Waals surface area contributed by atoms with Crippen LogP contribution in [-0.4, -0.2) is 40.3 Å². The summed E-state index contributed by atoms with van der Waals surface area (Å²) in [6.45, 7) is 1.46. The quantitative estimate of drug-likeness (QED) is 0.835. The van der Waals surface area contributed by atoms with Gasteiger partial charge in [0, 0.05) is 13.1 Å². The van der Waals surface area contributed by atoms with Gasteiger partial charge in [-0.1, -0.05) is 0 Å². The minimum absolute atomic E-state index is 0.188. The molecule has 0 spiro atoms. The Morgan fingerprint density at radius 1 is 1.28 bits per heavy atom. The minimum Gasteiger partial charge on any atom is -0.493 e. The molecule has 0 bridgehead atoms. The number of hydrogen-bond donors (Lipinski definition) is 1. The highest BCUT2D eigenvalue weighted by Crippen LogP contribution is 2.33. The normalized spacial score (nSPS) is 17.1. The van der Waals surface area contributed by atoms with Gasteiger partial charge >= 0.3 is 0 Å². The molecule has 1 aromatic carbocycles. The molecule has 1 unspecified atom stereocenters. The van der Waals surface area contributed by atoms with Gasteiger partial charge < -0.3 is 14.0 Å². The Hall–Kier alpha value is -1.11. The van der Waals surface area contributed by atoms with Crippen LogP contribution in [0.1, 0.15) is 11.1 Å². The molecule has 0 aliphatic carbocycles. The van der Waals surface area contributed by atoms with E-state index in [1.54, 1.807) is 14.2 Å². The summed E-state index contributed by atoms with van der Waals surface area (Å²) in [5, 5.41) is 0. The first kappa shape index (κ1) is 13.3. The van der Waals surface area contributed by atoms with Gasteiger partial charge in [-0.05, 0) is 29.7 Å². The molecule has 18 heavy (non-hydrogen) atoms. The molecule has 0 amide bonds. The van der Waals surface area contributed by atoms with Crippen LogP contribution in [-0.2, 0) is 24.0 Å². The highest BCUT2D eigenvalue weighted by molar-refractivity contribution is 7.79. The number of hydrogen-bond acceptors (Lipinski definition) is 4. The van der Waals surface area contributed by atoms with Crippen LogP contribution in [0.3, 0.4) is 0 Å². The molecule has 5 nitrogen and oxygen atoms in total. The van der Waals surface area contributed by atoms with Crippen molar-refractivity contribution in [3.63, 3.8) is 0 Å². The van der Waals surface area contributed by atoms with Crippen molar-refractivity contribution in [1.82, 2.24) is 4.90 Å². The minimum atomic E-state index is -1.78. The van der Waals surface area contributed by atoms with Gasteiger partial charge in [0.2, 0.25) is 0 Å². The Morgan fingerprint density at radius 3 is 2.44 bits per heavy atom. The Labute approximate surface area is 109 Å². The third-order valence-electron chi connectivity index (χ3n) is 3.09. The Bertz CT molecular complexity index is 464. The predicted molar refractivity (Wildman–Crippen MR) is 69.3 cm³/mol. The van der Waals surface area contributed by atoms with Crippen LogP contribution >= 0.6 is 0 Å². The Morgan fingerprint density at radius 2 is 1.89 bits per heavy atom. The summed E-state index contributed by atoms with van der Waals surface area (Å²) in [6.07, 6.45) is 0.854. The fourth-order valence-electron chi connectivity index (χ4n) is 2.21. The maximum Gasteiger partial charge on any atom is 0.167 e. The summed E-state index contributed by atoms with van der Waals surface area (Å²) >= 11 is -1.78. The predicted octanol–water partition coefficient (Wildman–Crippen LogP) is 1.24. The molecule has 1 heterocycles. The van der Waals surface area contributed by atoms with Gasteiger partial charge in [-0.2, -0.15) is 0 Å². The second-order valence-electron chi connectivity index (χ2n) is 4.23. The average Bonchev–Trinajstić information content (AvgIpc) is 2.36. The molecule has 1 aliphatic heterocycles. The highest BCUT2D eigenvalue weighted by atomic mass is 32.2. The number of rotatable bonds is 4. The van der Waals surface area contributed by atoms with Crippen molar-refractivity contribution in [3.8, 4) is 11.5 Å². The molecule has 1 aromatic rings. The average molecular weight is 271 g/mol. The van der Waals surface area contributed by atoms with Crippen LogP contribution in [0.2, 0.25) is 0 Å². The maximum atomic E-state index is 10.8. The zero-order valence-corrected chi connectivity index (χ0v) is 11.3. The number of nitrogens with zero attached hydrogens (tertiary/aromatic N) is 1. The molecule has 1 atom stereocenters. The zero-order chi connectivity index (χ0) is 13.1. The molecular weight excluding hydrogens is 254 g/mol. The molecule has 100 valence electrons. The molecule has 0 fully saturated rings. The van der Waals surface area contributed by atoms with Crippen molar-refractivity contribution in [1.29, 1.82) is 0 Å². The largest absolute Gasteiger partial charge is 0.493 e. The van der Waals surface area contributed by atoms with E-state index < -0.39 is 11.1 Å². The fraction of sp³-hybridized carbons (Fsp3) is 0.500. The first-order chi connectivity index (χ1) is 8.63. The molecule has 0 saturated carbocycles. The lowest BCUT2D eigenvalue weighted by atomic mass is 9.99. The van der Waals surface area contributed by atoms with Gasteiger partial charge in [-0.15, -0.1) is 0 Å². The second-order valence-corrected chi connectivity index (χ2v) is 5.13. The van der Waals surface area contributed by atoms with Gasteiger partial charge in [0.25, 0.3) is 0 Å². The number of benzene rings is 1. The summed E-state index contributed by atoms with van der Waals surface area (Å²) in [5.74, 6) is 1.62. The van der Waals surface area contributed by atoms with E-state index in [-0.39, 0.29) is 5.88 Å². The van der Waals surface area contributed by atoms with E-state index in [1.807, 2.05) is 17.0 Å². The van der Waals surface area contributed by atoms with E-state index >= 15 is 0 Å². The Balaban J connectivity index is 2.24. The van der Waals surface area contributed by atoms with Crippen LogP contribution in [0.4, 0.5) is 0 Å². The first-order valence-electron chi connectivity index (χ1n) is 5.67. The van der Waals surface area contributed by atoms with Crippen molar-refractivity contribution in [2.24, 2.45) is 0 Å². The molecule has 1 aliphatic rings. The summed E-state index contributed by atoms with van der Waals surface area (Å²) in [4.78, 5) is 1.96. The van der Waals surface area contributed by atoms with E-state index in [9.17, 15) is 4.21 Å². The molecular formula is C12H17NO4S. The molecule has 2 rings (SSSR count). The van der Waals surface area contributed by atoms with E-state index in [0.29, 0.717) is 12.3 Å². The van der Waals surface area contributed by atoms with Gasteiger partial charge in [0.05, 0.1) is 14.2 Å². The van der Waals surface area contributed by atoms with E-state index in [4.69, 9.17) is 14.0 Å². The summed E-state index contributed by atoms with van der Waals surface area (Å²) in [5.41, 5.74) is 2.34. The third-order valence-corrected chi connectivity index (χ3v) is 3.68. The number of methoxy groups -OCH3 is 2. The van der Waals surface area contributed by atoms with Crippen molar-refractivity contribution in [2.75, 3.05) is 26.6 Å². The van der Waals surface area contributed by atoms with Crippen LogP contribution in [0.5, 0.6) is 11.5 Å².